The number of fused-ring (bicyclic) bond motifs is 5. The van der Waals surface area contributed by atoms with Crippen molar-refractivity contribution in [3.05, 3.63) is 107 Å². The maximum Gasteiger partial charge on any atom is 0.335 e. The van der Waals surface area contributed by atoms with Crippen LogP contribution in [0, 0.1) is 23.7 Å². The highest BCUT2D eigenvalue weighted by atomic mass is 16.5. The maximum atomic E-state index is 13.7. The predicted molar refractivity (Wildman–Crippen MR) is 141 cm³/mol. The van der Waals surface area contributed by atoms with Gasteiger partial charge in [-0.3, -0.25) is 9.59 Å². The van der Waals surface area contributed by atoms with Gasteiger partial charge in [0.1, 0.15) is 11.5 Å². The molecule has 1 aliphatic heterocycles. The minimum Gasteiger partial charge on any atom is -0.497 e. The normalized spacial score (nSPS) is 23.1. The van der Waals surface area contributed by atoms with Crippen LogP contribution in [0.5, 0.6) is 11.5 Å². The summed E-state index contributed by atoms with van der Waals surface area (Å²) < 4.78 is 10.7. The minimum absolute atomic E-state index is 0.0307. The fraction of sp³-hybridized carbons (Fsp3) is 0.194. The molecule has 7 heteroatoms. The van der Waals surface area contributed by atoms with Gasteiger partial charge in [-0.1, -0.05) is 42.5 Å². The van der Waals surface area contributed by atoms with Crippen LogP contribution in [0.4, 0.5) is 5.69 Å². The molecule has 2 amide bonds. The van der Waals surface area contributed by atoms with Gasteiger partial charge in [0.25, 0.3) is 0 Å². The van der Waals surface area contributed by atoms with E-state index in [9.17, 15) is 19.5 Å². The molecule has 3 aromatic carbocycles. The van der Waals surface area contributed by atoms with Crippen molar-refractivity contribution in [3.63, 3.8) is 0 Å². The summed E-state index contributed by atoms with van der Waals surface area (Å²) in [7, 11) is 3.24. The molecule has 2 aliphatic carbocycles. The first kappa shape index (κ1) is 23.7. The van der Waals surface area contributed by atoms with E-state index in [1.165, 1.54) is 17.0 Å². The van der Waals surface area contributed by atoms with Gasteiger partial charge in [0.05, 0.1) is 37.3 Å². The first-order valence-electron chi connectivity index (χ1n) is 12.4. The van der Waals surface area contributed by atoms with Gasteiger partial charge in [-0.2, -0.15) is 0 Å². The van der Waals surface area contributed by atoms with E-state index in [2.05, 4.69) is 0 Å². The summed E-state index contributed by atoms with van der Waals surface area (Å²) in [4.78, 5) is 40.2. The number of hydrogen-bond donors (Lipinski definition) is 1. The molecule has 1 saturated carbocycles. The lowest BCUT2D eigenvalue weighted by atomic mass is 9.85. The number of methoxy groups -OCH3 is 2. The predicted octanol–water partition coefficient (Wildman–Crippen LogP) is 4.83. The Bertz CT molecular complexity index is 1440. The van der Waals surface area contributed by atoms with Gasteiger partial charge in [-0.15, -0.1) is 0 Å². The number of carboxylic acid groups (broad SMARTS) is 1. The van der Waals surface area contributed by atoms with E-state index in [0.29, 0.717) is 5.69 Å². The van der Waals surface area contributed by atoms with Crippen LogP contribution in [0.2, 0.25) is 0 Å². The van der Waals surface area contributed by atoms with Crippen LogP contribution in [0.3, 0.4) is 0 Å². The number of aromatic carboxylic acids is 1. The zero-order valence-corrected chi connectivity index (χ0v) is 20.8. The number of carboxylic acids is 1. The van der Waals surface area contributed by atoms with Gasteiger partial charge in [0.15, 0.2) is 0 Å². The summed E-state index contributed by atoms with van der Waals surface area (Å²) >= 11 is 0. The molecule has 3 aromatic rings. The highest BCUT2D eigenvalue weighted by molar-refractivity contribution is 6.23. The van der Waals surface area contributed by atoms with E-state index in [-0.39, 0.29) is 29.2 Å². The van der Waals surface area contributed by atoms with Crippen LogP contribution in [0.15, 0.2) is 90.5 Å². The number of carbonyl (C=O) groups is 3. The second-order valence-electron chi connectivity index (χ2n) is 9.64. The number of ether oxygens (including phenoxy) is 2. The van der Waals surface area contributed by atoms with Crippen molar-refractivity contribution in [2.24, 2.45) is 23.7 Å². The Morgan fingerprint density at radius 3 is 1.68 bits per heavy atom. The highest BCUT2D eigenvalue weighted by Gasteiger charge is 2.62. The molecule has 1 heterocycles. The van der Waals surface area contributed by atoms with Crippen LogP contribution < -0.4 is 14.4 Å². The molecule has 7 nitrogen and oxygen atoms in total. The number of rotatable bonds is 6. The Balaban J connectivity index is 1.46. The van der Waals surface area contributed by atoms with Crippen molar-refractivity contribution < 1.29 is 29.0 Å². The Morgan fingerprint density at radius 2 is 1.24 bits per heavy atom. The third kappa shape index (κ3) is 3.54. The summed E-state index contributed by atoms with van der Waals surface area (Å²) in [5.74, 6) is -1.77. The first-order valence-corrected chi connectivity index (χ1v) is 12.4. The Morgan fingerprint density at radius 1 is 0.737 bits per heavy atom. The van der Waals surface area contributed by atoms with E-state index in [0.717, 1.165) is 33.8 Å². The SMILES string of the molecule is COc1ccc(C(=C2[C@H]3C=C[C@H]2[C@@H]2C(=O)N(c4cccc(C(=O)O)c4)C(=O)[C@H]23)c2ccc(OC)cc2)cc1. The van der Waals surface area contributed by atoms with Gasteiger partial charge in [0, 0.05) is 11.8 Å². The Hall–Kier alpha value is -4.65. The lowest BCUT2D eigenvalue weighted by Gasteiger charge is -2.22. The number of carbonyl (C=O) groups excluding carboxylic acids is 2. The summed E-state index contributed by atoms with van der Waals surface area (Å²) in [6.07, 6.45) is 4.08. The van der Waals surface area contributed by atoms with Gasteiger partial charge < -0.3 is 14.6 Å². The quantitative estimate of drug-likeness (QED) is 0.380. The van der Waals surface area contributed by atoms with Crippen molar-refractivity contribution in [2.45, 2.75) is 0 Å². The monoisotopic (exact) mass is 507 g/mol. The molecule has 190 valence electrons. The summed E-state index contributed by atoms with van der Waals surface area (Å²) in [5.41, 5.74) is 4.31. The highest BCUT2D eigenvalue weighted by Crippen LogP contribution is 2.59. The molecule has 0 aromatic heterocycles. The molecule has 1 N–H and O–H groups in total. The fourth-order valence-corrected chi connectivity index (χ4v) is 6.14. The average molecular weight is 508 g/mol. The second-order valence-corrected chi connectivity index (χ2v) is 9.64. The maximum absolute atomic E-state index is 13.7. The number of hydrogen-bond acceptors (Lipinski definition) is 5. The van der Waals surface area contributed by atoms with Crippen molar-refractivity contribution in [3.8, 4) is 11.5 Å². The largest absolute Gasteiger partial charge is 0.497 e. The number of allylic oxidation sites excluding steroid dienone is 3. The van der Waals surface area contributed by atoms with Gasteiger partial charge >= 0.3 is 5.97 Å². The van der Waals surface area contributed by atoms with Crippen molar-refractivity contribution in [2.75, 3.05) is 19.1 Å². The second kappa shape index (κ2) is 9.03. The fourth-order valence-electron chi connectivity index (χ4n) is 6.14. The molecular weight excluding hydrogens is 482 g/mol. The molecule has 1 saturated heterocycles. The molecule has 2 fully saturated rings. The minimum atomic E-state index is -1.11. The molecule has 38 heavy (non-hydrogen) atoms. The van der Waals surface area contributed by atoms with E-state index in [1.54, 1.807) is 26.4 Å². The number of amides is 2. The van der Waals surface area contributed by atoms with Gasteiger partial charge in [-0.05, 0) is 64.7 Å². The lowest BCUT2D eigenvalue weighted by Crippen LogP contribution is -2.33. The number of imide groups is 1. The van der Waals surface area contributed by atoms with Crippen LogP contribution >= 0.6 is 0 Å². The topological polar surface area (TPSA) is 93.1 Å². The van der Waals surface area contributed by atoms with Gasteiger partial charge in [-0.25, -0.2) is 9.69 Å². The molecule has 2 bridgehead atoms. The zero-order chi connectivity index (χ0) is 26.6. The zero-order valence-electron chi connectivity index (χ0n) is 20.8. The summed E-state index contributed by atoms with van der Waals surface area (Å²) in [6.45, 7) is 0. The van der Waals surface area contributed by atoms with Crippen LogP contribution in [0.1, 0.15) is 21.5 Å². The lowest BCUT2D eigenvalue weighted by molar-refractivity contribution is -0.122. The van der Waals surface area contributed by atoms with Crippen LogP contribution in [0.25, 0.3) is 5.57 Å². The molecule has 0 radical (unpaired) electrons. The van der Waals surface area contributed by atoms with E-state index >= 15 is 0 Å². The third-order valence-electron chi connectivity index (χ3n) is 7.81. The molecule has 4 atom stereocenters. The van der Waals surface area contributed by atoms with E-state index < -0.39 is 17.8 Å². The average Bonchev–Trinajstić information content (AvgIpc) is 3.58. The van der Waals surface area contributed by atoms with E-state index in [4.69, 9.17) is 9.47 Å². The first-order chi connectivity index (χ1) is 18.4. The standard InChI is InChI=1S/C31H25NO6/c1-37-21-10-6-17(7-11-21)25(18-8-12-22(38-2)13-9-18)26-23-14-15-24(26)28-27(23)29(33)32(30(28)34)20-5-3-4-19(16-20)31(35)36/h3-16,23-24,27-28H,1-2H3,(H,35,36)/t23-,24-,27+,28+/m1/s1. The smallest absolute Gasteiger partial charge is 0.335 e. The molecule has 0 spiro atoms. The molecule has 0 unspecified atom stereocenters. The third-order valence-corrected chi connectivity index (χ3v) is 7.81. The number of benzene rings is 3. The van der Waals surface area contributed by atoms with Crippen LogP contribution in [-0.2, 0) is 9.59 Å². The van der Waals surface area contributed by atoms with E-state index in [1.807, 2.05) is 60.7 Å². The number of nitrogens with zero attached hydrogens (tertiary/aromatic N) is 1. The Kier molecular flexibility index (Phi) is 5.64. The molecule has 6 rings (SSSR count). The Labute approximate surface area is 219 Å². The summed E-state index contributed by atoms with van der Waals surface area (Å²) in [6, 6.07) is 21.6. The van der Waals surface area contributed by atoms with Gasteiger partial charge in [0.2, 0.25) is 11.8 Å². The summed E-state index contributed by atoms with van der Waals surface area (Å²) in [5, 5.41) is 9.40. The van der Waals surface area contributed by atoms with Crippen molar-refractivity contribution in [1.82, 2.24) is 0 Å². The number of anilines is 1. The van der Waals surface area contributed by atoms with Crippen molar-refractivity contribution >= 4 is 29.0 Å². The molecular formula is C31H25NO6. The van der Waals surface area contributed by atoms with Crippen molar-refractivity contribution in [1.29, 1.82) is 0 Å². The molecule has 3 aliphatic rings. The van der Waals surface area contributed by atoms with Crippen LogP contribution in [-0.4, -0.2) is 37.1 Å².